The van der Waals surface area contributed by atoms with Crippen LogP contribution < -0.4 is 5.32 Å². The molecule has 1 rings (SSSR count). The van der Waals surface area contributed by atoms with E-state index in [0.29, 0.717) is 30.5 Å². The number of nitrogens with one attached hydrogen (secondary N) is 1. The smallest absolute Gasteiger partial charge is 0.303 e. The number of carbonyl (C=O) groups excluding carboxylic acids is 1. The molecule has 0 heterocycles. The van der Waals surface area contributed by atoms with Crippen molar-refractivity contribution < 1.29 is 14.7 Å². The monoisotopic (exact) mass is 246 g/mol. The van der Waals surface area contributed by atoms with Crippen LogP contribution in [-0.4, -0.2) is 23.5 Å². The van der Waals surface area contributed by atoms with Crippen molar-refractivity contribution in [3.8, 4) is 6.07 Å². The van der Waals surface area contributed by atoms with Crippen LogP contribution in [0.2, 0.25) is 0 Å². The zero-order chi connectivity index (χ0) is 13.4. The van der Waals surface area contributed by atoms with Gasteiger partial charge in [0, 0.05) is 18.5 Å². The van der Waals surface area contributed by atoms with Crippen LogP contribution >= 0.6 is 0 Å². The second-order valence-corrected chi connectivity index (χ2v) is 3.80. The average Bonchev–Trinajstić information content (AvgIpc) is 2.37. The molecule has 0 saturated carbocycles. The molecule has 0 aliphatic carbocycles. The van der Waals surface area contributed by atoms with Gasteiger partial charge in [-0.05, 0) is 31.0 Å². The summed E-state index contributed by atoms with van der Waals surface area (Å²) < 4.78 is 0. The summed E-state index contributed by atoms with van der Waals surface area (Å²) in [6.07, 6.45) is 1.27. The lowest BCUT2D eigenvalue weighted by atomic mass is 10.1. The normalized spacial score (nSPS) is 9.50. The summed E-state index contributed by atoms with van der Waals surface area (Å²) in [5, 5.41) is 19.8. The molecule has 0 aromatic heterocycles. The van der Waals surface area contributed by atoms with Crippen LogP contribution in [0.15, 0.2) is 24.3 Å². The quantitative estimate of drug-likeness (QED) is 0.745. The van der Waals surface area contributed by atoms with Gasteiger partial charge in [0.1, 0.15) is 0 Å². The third-order valence-corrected chi connectivity index (χ3v) is 2.36. The molecule has 1 amide bonds. The number of benzene rings is 1. The Kier molecular flexibility index (Phi) is 5.39. The van der Waals surface area contributed by atoms with E-state index in [0.717, 1.165) is 0 Å². The molecule has 1 aromatic carbocycles. The Morgan fingerprint density at radius 2 is 2.11 bits per heavy atom. The first-order chi connectivity index (χ1) is 8.63. The first-order valence-corrected chi connectivity index (χ1v) is 5.63. The van der Waals surface area contributed by atoms with Gasteiger partial charge in [-0.15, -0.1) is 0 Å². The van der Waals surface area contributed by atoms with Crippen molar-refractivity contribution in [3.63, 3.8) is 0 Å². The number of unbranched alkanes of at least 4 members (excludes halogenated alkanes) is 1. The summed E-state index contributed by atoms with van der Waals surface area (Å²) in [6.45, 7) is 0.433. The van der Waals surface area contributed by atoms with Crippen molar-refractivity contribution in [1.29, 1.82) is 5.26 Å². The number of aliphatic carboxylic acids is 1. The zero-order valence-corrected chi connectivity index (χ0v) is 9.85. The van der Waals surface area contributed by atoms with Crippen molar-refractivity contribution in [3.05, 3.63) is 35.4 Å². The lowest BCUT2D eigenvalue weighted by Gasteiger charge is -2.04. The molecule has 0 bridgehead atoms. The van der Waals surface area contributed by atoms with E-state index >= 15 is 0 Å². The summed E-state index contributed by atoms with van der Waals surface area (Å²) >= 11 is 0. The van der Waals surface area contributed by atoms with Gasteiger partial charge < -0.3 is 10.4 Å². The number of carboxylic acids is 1. The van der Waals surface area contributed by atoms with E-state index in [9.17, 15) is 9.59 Å². The van der Waals surface area contributed by atoms with E-state index in [-0.39, 0.29) is 12.3 Å². The van der Waals surface area contributed by atoms with Crippen LogP contribution in [0.3, 0.4) is 0 Å². The second kappa shape index (κ2) is 7.07. The summed E-state index contributed by atoms with van der Waals surface area (Å²) in [5.74, 6) is -1.08. The molecule has 0 saturated heterocycles. The molecular weight excluding hydrogens is 232 g/mol. The van der Waals surface area contributed by atoms with Gasteiger partial charge in [-0.3, -0.25) is 9.59 Å². The van der Waals surface area contributed by atoms with Crippen LogP contribution in [0.1, 0.15) is 35.2 Å². The van der Waals surface area contributed by atoms with Crippen LogP contribution in [0.5, 0.6) is 0 Å². The summed E-state index contributed by atoms with van der Waals surface area (Å²) in [4.78, 5) is 21.9. The summed E-state index contributed by atoms with van der Waals surface area (Å²) in [5.41, 5.74) is 0.876. The minimum absolute atomic E-state index is 0.111. The van der Waals surface area contributed by atoms with Gasteiger partial charge >= 0.3 is 5.97 Å². The molecule has 0 spiro atoms. The highest BCUT2D eigenvalue weighted by Crippen LogP contribution is 2.04. The Balaban J connectivity index is 2.36. The fourth-order valence-electron chi connectivity index (χ4n) is 1.44. The summed E-state index contributed by atoms with van der Waals surface area (Å²) in [6, 6.07) is 8.40. The first kappa shape index (κ1) is 13.7. The van der Waals surface area contributed by atoms with E-state index in [1.165, 1.54) is 6.07 Å². The van der Waals surface area contributed by atoms with Gasteiger partial charge in [0.25, 0.3) is 5.91 Å². The molecular formula is C13H14N2O3. The molecule has 0 aliphatic rings. The number of hydrogen-bond donors (Lipinski definition) is 2. The Morgan fingerprint density at radius 1 is 1.33 bits per heavy atom. The predicted octanol–water partition coefficient (Wildman–Crippen LogP) is 1.54. The van der Waals surface area contributed by atoms with E-state index in [4.69, 9.17) is 10.4 Å². The minimum Gasteiger partial charge on any atom is -0.481 e. The van der Waals surface area contributed by atoms with Crippen molar-refractivity contribution >= 4 is 11.9 Å². The van der Waals surface area contributed by atoms with E-state index < -0.39 is 5.97 Å². The number of nitrogens with zero attached hydrogens (tertiary/aromatic N) is 1. The van der Waals surface area contributed by atoms with Gasteiger partial charge in [0.05, 0.1) is 11.6 Å². The lowest BCUT2D eigenvalue weighted by Crippen LogP contribution is -2.24. The van der Waals surface area contributed by atoms with Crippen LogP contribution in [0.25, 0.3) is 0 Å². The maximum absolute atomic E-state index is 11.7. The van der Waals surface area contributed by atoms with Crippen molar-refractivity contribution in [2.45, 2.75) is 19.3 Å². The SMILES string of the molecule is N#Cc1cccc(C(=O)NCCCCC(=O)O)c1. The highest BCUT2D eigenvalue weighted by atomic mass is 16.4. The molecule has 2 N–H and O–H groups in total. The third kappa shape index (κ3) is 4.66. The number of carbonyl (C=O) groups is 2. The highest BCUT2D eigenvalue weighted by molar-refractivity contribution is 5.94. The van der Waals surface area contributed by atoms with Gasteiger partial charge in [-0.2, -0.15) is 5.26 Å². The molecule has 0 radical (unpaired) electrons. The Hall–Kier alpha value is -2.35. The van der Waals surface area contributed by atoms with E-state index in [1.807, 2.05) is 6.07 Å². The molecule has 0 unspecified atom stereocenters. The van der Waals surface area contributed by atoms with Crippen molar-refractivity contribution in [1.82, 2.24) is 5.32 Å². The third-order valence-electron chi connectivity index (χ3n) is 2.36. The van der Waals surface area contributed by atoms with E-state index in [1.54, 1.807) is 18.2 Å². The molecule has 0 aliphatic heterocycles. The fourth-order valence-corrected chi connectivity index (χ4v) is 1.44. The maximum atomic E-state index is 11.7. The average molecular weight is 246 g/mol. The number of amides is 1. The molecule has 0 atom stereocenters. The van der Waals surface area contributed by atoms with Crippen LogP contribution in [0, 0.1) is 11.3 Å². The standard InChI is InChI=1S/C13H14N2O3/c14-9-10-4-3-5-11(8-10)13(18)15-7-2-1-6-12(16)17/h3-5,8H,1-2,6-7H2,(H,15,18)(H,16,17). The predicted molar refractivity (Wildman–Crippen MR) is 65.0 cm³/mol. The first-order valence-electron chi connectivity index (χ1n) is 5.63. The maximum Gasteiger partial charge on any atom is 0.303 e. The van der Waals surface area contributed by atoms with Gasteiger partial charge in [0.15, 0.2) is 0 Å². The molecule has 0 fully saturated rings. The van der Waals surface area contributed by atoms with Gasteiger partial charge in [0.2, 0.25) is 0 Å². The minimum atomic E-state index is -0.831. The Morgan fingerprint density at radius 3 is 2.78 bits per heavy atom. The van der Waals surface area contributed by atoms with Gasteiger partial charge in [-0.1, -0.05) is 6.07 Å². The molecule has 1 aromatic rings. The topological polar surface area (TPSA) is 90.2 Å². The zero-order valence-electron chi connectivity index (χ0n) is 9.85. The van der Waals surface area contributed by atoms with Gasteiger partial charge in [-0.25, -0.2) is 0 Å². The van der Waals surface area contributed by atoms with E-state index in [2.05, 4.69) is 5.32 Å². The lowest BCUT2D eigenvalue weighted by molar-refractivity contribution is -0.137. The molecule has 5 nitrogen and oxygen atoms in total. The number of carboxylic acid groups (broad SMARTS) is 1. The Bertz CT molecular complexity index is 477. The molecule has 5 heteroatoms. The number of nitriles is 1. The second-order valence-electron chi connectivity index (χ2n) is 3.80. The fraction of sp³-hybridized carbons (Fsp3) is 0.308. The summed E-state index contributed by atoms with van der Waals surface area (Å²) in [7, 11) is 0. The van der Waals surface area contributed by atoms with Crippen LogP contribution in [0.4, 0.5) is 0 Å². The highest BCUT2D eigenvalue weighted by Gasteiger charge is 2.05. The van der Waals surface area contributed by atoms with Crippen molar-refractivity contribution in [2.75, 3.05) is 6.54 Å². The molecule has 94 valence electrons. The van der Waals surface area contributed by atoms with Crippen LogP contribution in [-0.2, 0) is 4.79 Å². The molecule has 18 heavy (non-hydrogen) atoms. The number of hydrogen-bond acceptors (Lipinski definition) is 3. The van der Waals surface area contributed by atoms with Crippen molar-refractivity contribution in [2.24, 2.45) is 0 Å². The number of rotatable bonds is 6. The Labute approximate surface area is 105 Å². The largest absolute Gasteiger partial charge is 0.481 e.